The van der Waals surface area contributed by atoms with Crippen LogP contribution in [0.3, 0.4) is 0 Å². The molecule has 0 aromatic heterocycles. The number of aliphatic hydroxyl groups is 1. The van der Waals surface area contributed by atoms with Crippen LogP contribution in [0.4, 0.5) is 0 Å². The molecule has 0 saturated heterocycles. The summed E-state index contributed by atoms with van der Waals surface area (Å²) in [4.78, 5) is 0. The second-order valence-electron chi connectivity index (χ2n) is 5.62. The summed E-state index contributed by atoms with van der Waals surface area (Å²) in [6.45, 7) is 5.29. The van der Waals surface area contributed by atoms with Crippen LogP contribution in [0.1, 0.15) is 30.9 Å². The molecule has 2 aromatic rings. The lowest BCUT2D eigenvalue weighted by atomic mass is 9.78. The van der Waals surface area contributed by atoms with Crippen molar-refractivity contribution >= 4 is 0 Å². The molecule has 0 fully saturated rings. The summed E-state index contributed by atoms with van der Waals surface area (Å²) in [6.07, 6.45) is 0. The van der Waals surface area contributed by atoms with Crippen LogP contribution in [0, 0.1) is 5.92 Å². The van der Waals surface area contributed by atoms with Gasteiger partial charge in [-0.1, -0.05) is 67.6 Å². The van der Waals surface area contributed by atoms with E-state index in [4.69, 9.17) is 5.11 Å². The van der Waals surface area contributed by atoms with Crippen LogP contribution in [0.5, 0.6) is 0 Å². The highest BCUT2D eigenvalue weighted by molar-refractivity contribution is 5.33. The highest BCUT2D eigenvalue weighted by atomic mass is 16.3. The van der Waals surface area contributed by atoms with Crippen molar-refractivity contribution in [2.75, 3.05) is 13.2 Å². The van der Waals surface area contributed by atoms with E-state index in [1.807, 2.05) is 0 Å². The van der Waals surface area contributed by atoms with Crippen molar-refractivity contribution in [1.29, 1.82) is 0 Å². The van der Waals surface area contributed by atoms with E-state index >= 15 is 0 Å². The fraction of sp³-hybridized carbons (Fsp3) is 0.368. The molecule has 2 rings (SSSR count). The Morgan fingerprint density at radius 2 is 1.33 bits per heavy atom. The van der Waals surface area contributed by atoms with Crippen LogP contribution in [0.15, 0.2) is 60.7 Å². The second kappa shape index (κ2) is 7.96. The quantitative estimate of drug-likeness (QED) is 0.816. The Labute approximate surface area is 127 Å². The molecule has 2 heteroatoms. The van der Waals surface area contributed by atoms with Crippen LogP contribution in [0.2, 0.25) is 0 Å². The summed E-state index contributed by atoms with van der Waals surface area (Å²) < 4.78 is 0. The lowest BCUT2D eigenvalue weighted by Crippen LogP contribution is -2.37. The van der Waals surface area contributed by atoms with E-state index in [1.54, 1.807) is 0 Å². The number of nitrogens with one attached hydrogen (secondary N) is 1. The lowest BCUT2D eigenvalue weighted by molar-refractivity contribution is 0.270. The number of hydrogen-bond donors (Lipinski definition) is 2. The van der Waals surface area contributed by atoms with Gasteiger partial charge in [-0.15, -0.1) is 0 Å². The average Bonchev–Trinajstić information content (AvgIpc) is 2.54. The van der Waals surface area contributed by atoms with E-state index in [0.29, 0.717) is 24.4 Å². The maximum Gasteiger partial charge on any atom is 0.0556 e. The number of rotatable bonds is 7. The Bertz CT molecular complexity index is 472. The van der Waals surface area contributed by atoms with E-state index in [-0.39, 0.29) is 6.61 Å². The van der Waals surface area contributed by atoms with Crippen LogP contribution in [0.25, 0.3) is 0 Å². The number of benzene rings is 2. The largest absolute Gasteiger partial charge is 0.395 e. The maximum atomic E-state index is 9.01. The summed E-state index contributed by atoms with van der Waals surface area (Å²) in [5, 5.41) is 12.4. The van der Waals surface area contributed by atoms with Crippen molar-refractivity contribution < 1.29 is 5.11 Å². The first-order valence-corrected chi connectivity index (χ1v) is 7.68. The first-order valence-electron chi connectivity index (χ1n) is 7.68. The third-order valence-corrected chi connectivity index (χ3v) is 4.21. The highest BCUT2D eigenvalue weighted by Crippen LogP contribution is 2.33. The van der Waals surface area contributed by atoms with Gasteiger partial charge in [0, 0.05) is 18.5 Å². The zero-order valence-electron chi connectivity index (χ0n) is 12.9. The molecule has 112 valence electrons. The van der Waals surface area contributed by atoms with Gasteiger partial charge in [0.25, 0.3) is 0 Å². The fourth-order valence-electron chi connectivity index (χ4n) is 2.89. The smallest absolute Gasteiger partial charge is 0.0556 e. The number of aliphatic hydroxyl groups excluding tert-OH is 1. The van der Waals surface area contributed by atoms with Crippen molar-refractivity contribution in [3.05, 3.63) is 71.8 Å². The molecule has 21 heavy (non-hydrogen) atoms. The van der Waals surface area contributed by atoms with Gasteiger partial charge in [-0.3, -0.25) is 0 Å². The van der Waals surface area contributed by atoms with Crippen molar-refractivity contribution in [2.24, 2.45) is 5.92 Å². The van der Waals surface area contributed by atoms with Crippen LogP contribution in [-0.4, -0.2) is 24.3 Å². The highest BCUT2D eigenvalue weighted by Gasteiger charge is 2.25. The normalized spacial score (nSPS) is 14.1. The number of hydrogen-bond acceptors (Lipinski definition) is 2. The minimum absolute atomic E-state index is 0.179. The van der Waals surface area contributed by atoms with E-state index < -0.39 is 0 Å². The van der Waals surface area contributed by atoms with Gasteiger partial charge in [-0.25, -0.2) is 0 Å². The van der Waals surface area contributed by atoms with E-state index in [0.717, 1.165) is 0 Å². The summed E-state index contributed by atoms with van der Waals surface area (Å²) in [6, 6.07) is 21.7. The van der Waals surface area contributed by atoms with Crippen molar-refractivity contribution in [1.82, 2.24) is 5.32 Å². The maximum absolute atomic E-state index is 9.01. The van der Waals surface area contributed by atoms with E-state index in [9.17, 15) is 0 Å². The fourth-order valence-corrected chi connectivity index (χ4v) is 2.89. The van der Waals surface area contributed by atoms with Gasteiger partial charge in [-0.05, 0) is 24.0 Å². The summed E-state index contributed by atoms with van der Waals surface area (Å²) in [7, 11) is 0. The van der Waals surface area contributed by atoms with E-state index in [1.165, 1.54) is 11.1 Å². The Morgan fingerprint density at radius 3 is 1.76 bits per heavy atom. The monoisotopic (exact) mass is 283 g/mol. The molecule has 2 nitrogen and oxygen atoms in total. The van der Waals surface area contributed by atoms with Gasteiger partial charge in [0.15, 0.2) is 0 Å². The van der Waals surface area contributed by atoms with E-state index in [2.05, 4.69) is 79.8 Å². The summed E-state index contributed by atoms with van der Waals surface area (Å²) in [5.41, 5.74) is 2.68. The van der Waals surface area contributed by atoms with Crippen molar-refractivity contribution in [3.8, 4) is 0 Å². The average molecular weight is 283 g/mol. The predicted molar refractivity (Wildman–Crippen MR) is 88.4 cm³/mol. The first-order chi connectivity index (χ1) is 10.2. The standard InChI is InChI=1S/C19H25NO/c1-15(16(2)20-13-14-21)19(17-9-5-3-6-10-17)18-11-7-4-8-12-18/h3-12,15-16,19-21H,13-14H2,1-2H3/t15-,16-/m1/s1. The third kappa shape index (κ3) is 4.16. The summed E-state index contributed by atoms with van der Waals surface area (Å²) >= 11 is 0. The molecule has 0 radical (unpaired) electrons. The van der Waals surface area contributed by atoms with Crippen LogP contribution < -0.4 is 5.32 Å². The zero-order chi connectivity index (χ0) is 15.1. The molecule has 0 amide bonds. The Balaban J connectivity index is 2.28. The van der Waals surface area contributed by atoms with Gasteiger partial charge in [0.05, 0.1) is 6.61 Å². The van der Waals surface area contributed by atoms with Gasteiger partial charge in [0.2, 0.25) is 0 Å². The molecule has 0 spiro atoms. The molecule has 2 aromatic carbocycles. The molecule has 2 N–H and O–H groups in total. The zero-order valence-corrected chi connectivity index (χ0v) is 12.9. The molecular weight excluding hydrogens is 258 g/mol. The topological polar surface area (TPSA) is 32.3 Å². The lowest BCUT2D eigenvalue weighted by Gasteiger charge is -2.30. The van der Waals surface area contributed by atoms with Crippen molar-refractivity contribution in [2.45, 2.75) is 25.8 Å². The molecule has 0 aliphatic heterocycles. The second-order valence-corrected chi connectivity index (χ2v) is 5.62. The molecule has 0 unspecified atom stereocenters. The molecule has 0 heterocycles. The van der Waals surface area contributed by atoms with Crippen LogP contribution in [-0.2, 0) is 0 Å². The molecule has 2 atom stereocenters. The molecule has 0 bridgehead atoms. The molecule has 0 aliphatic carbocycles. The predicted octanol–water partition coefficient (Wildman–Crippen LogP) is 3.43. The van der Waals surface area contributed by atoms with Crippen LogP contribution >= 0.6 is 0 Å². The molecule has 0 aliphatic rings. The Morgan fingerprint density at radius 1 is 0.857 bits per heavy atom. The molecule has 0 saturated carbocycles. The molecular formula is C19H25NO. The Hall–Kier alpha value is -1.64. The van der Waals surface area contributed by atoms with Gasteiger partial charge >= 0.3 is 0 Å². The first kappa shape index (κ1) is 15.7. The van der Waals surface area contributed by atoms with Crippen molar-refractivity contribution in [3.63, 3.8) is 0 Å². The SMILES string of the molecule is C[C@@H](NCCO)[C@@H](C)C(c1ccccc1)c1ccccc1. The minimum atomic E-state index is 0.179. The van der Waals surface area contributed by atoms with Gasteiger partial charge in [0.1, 0.15) is 0 Å². The third-order valence-electron chi connectivity index (χ3n) is 4.21. The van der Waals surface area contributed by atoms with Gasteiger partial charge in [-0.2, -0.15) is 0 Å². The van der Waals surface area contributed by atoms with Gasteiger partial charge < -0.3 is 10.4 Å². The minimum Gasteiger partial charge on any atom is -0.395 e. The summed E-state index contributed by atoms with van der Waals surface area (Å²) in [5.74, 6) is 0.787. The Kier molecular flexibility index (Phi) is 5.97.